The van der Waals surface area contributed by atoms with E-state index in [4.69, 9.17) is 3.79 Å². The fourth-order valence-corrected chi connectivity index (χ4v) is 3.11. The van der Waals surface area contributed by atoms with Crippen molar-refractivity contribution in [3.8, 4) is 17.2 Å². The molecule has 3 aromatic carbocycles. The van der Waals surface area contributed by atoms with E-state index < -0.39 is 0 Å². The number of benzene rings is 3. The predicted octanol–water partition coefficient (Wildman–Crippen LogP) is 5.65. The number of fused-ring (bicyclic) bond motifs is 2. The lowest BCUT2D eigenvalue weighted by Gasteiger charge is -1.99. The third kappa shape index (κ3) is 6.21. The number of pyridine rings is 2. The summed E-state index contributed by atoms with van der Waals surface area (Å²) in [6.45, 7) is 3.82. The van der Waals surface area contributed by atoms with E-state index in [0.717, 1.165) is 27.9 Å². The van der Waals surface area contributed by atoms with Crippen molar-refractivity contribution in [2.45, 2.75) is 13.8 Å². The van der Waals surface area contributed by atoms with Gasteiger partial charge in [-0.05, 0) is 50.2 Å². The molecule has 2 N–H and O–H groups in total. The summed E-state index contributed by atoms with van der Waals surface area (Å²) >= 11 is 2.19. The zero-order valence-corrected chi connectivity index (χ0v) is 19.1. The Morgan fingerprint density at radius 3 is 1.47 bits per heavy atom. The maximum atomic E-state index is 9.43. The molecule has 2 radical (unpaired) electrons. The fourth-order valence-electron chi connectivity index (χ4n) is 2.96. The number of aryl methyl sites for hydroxylation is 2. The maximum Gasteiger partial charge on any atom is 0.482 e. The second-order valence-corrected chi connectivity index (χ2v) is 7.27. The van der Waals surface area contributed by atoms with E-state index in [0.29, 0.717) is 11.0 Å². The minimum Gasteiger partial charge on any atom is -0.654 e. The molecule has 2 heterocycles. The van der Waals surface area contributed by atoms with E-state index in [-0.39, 0.29) is 11.5 Å². The van der Waals surface area contributed by atoms with Crippen LogP contribution in [0.15, 0.2) is 91.0 Å². The fraction of sp³-hybridized carbons (Fsp3) is 0.0769. The summed E-state index contributed by atoms with van der Waals surface area (Å²) < 4.78 is 4.83. The first kappa shape index (κ1) is 23.1. The topological polar surface area (TPSA) is 75.5 Å². The van der Waals surface area contributed by atoms with Gasteiger partial charge in [0.05, 0.1) is 5.75 Å². The second-order valence-electron chi connectivity index (χ2n) is 7.03. The van der Waals surface area contributed by atoms with Gasteiger partial charge in [-0.1, -0.05) is 54.6 Å². The van der Waals surface area contributed by atoms with Crippen molar-refractivity contribution in [3.05, 3.63) is 102 Å². The Labute approximate surface area is 195 Å². The van der Waals surface area contributed by atoms with Crippen LogP contribution in [0.1, 0.15) is 11.4 Å². The molecule has 5 rings (SSSR count). The van der Waals surface area contributed by atoms with Gasteiger partial charge in [0.15, 0.2) is 0 Å². The van der Waals surface area contributed by atoms with Crippen LogP contribution in [0.25, 0.3) is 21.8 Å². The molecule has 5 nitrogen and oxygen atoms in total. The van der Waals surface area contributed by atoms with Crippen LogP contribution in [0.2, 0.25) is 0 Å². The van der Waals surface area contributed by atoms with Crippen molar-refractivity contribution in [3.63, 3.8) is 0 Å². The summed E-state index contributed by atoms with van der Waals surface area (Å²) in [6, 6.07) is 28.2. The van der Waals surface area contributed by atoms with Gasteiger partial charge in [0.1, 0.15) is 22.5 Å². The van der Waals surface area contributed by atoms with Crippen LogP contribution in [0.3, 0.4) is 0 Å². The molecule has 0 unspecified atom stereocenters. The minimum atomic E-state index is 0.246. The van der Waals surface area contributed by atoms with Gasteiger partial charge in [0.2, 0.25) is 0 Å². The third-order valence-electron chi connectivity index (χ3n) is 4.56. The van der Waals surface area contributed by atoms with Crippen LogP contribution in [-0.4, -0.2) is 36.8 Å². The molecule has 32 heavy (non-hydrogen) atoms. The van der Waals surface area contributed by atoms with Crippen LogP contribution in [0.4, 0.5) is 0 Å². The summed E-state index contributed by atoms with van der Waals surface area (Å²) in [7, 11) is 0. The highest BCUT2D eigenvalue weighted by Gasteiger charge is 2.00. The average Bonchev–Trinajstić information content (AvgIpc) is 2.82. The minimum absolute atomic E-state index is 0.246. The molecule has 0 aliphatic rings. The molecule has 0 aliphatic carbocycles. The standard InChI is InChI=1S/2C10H9NO.C6H6O.Al/c2*1-7-5-6-8-3-2-4-9(12)10(8)11-7;7-6-4-2-1-3-5-6;/h2*2-6,12H,1H3;1-5,7H;/q;;;+1/p-1. The number of rotatable bonds is 1. The number of phenols is 2. The zero-order valence-electron chi connectivity index (χ0n) is 17.9. The van der Waals surface area contributed by atoms with Gasteiger partial charge in [-0.3, -0.25) is 0 Å². The molecule has 0 bridgehead atoms. The van der Waals surface area contributed by atoms with Crippen LogP contribution >= 0.6 is 0 Å². The molecule has 0 spiro atoms. The molecule has 0 saturated heterocycles. The third-order valence-corrected chi connectivity index (χ3v) is 4.83. The van der Waals surface area contributed by atoms with Gasteiger partial charge in [0.25, 0.3) is 0 Å². The molecule has 158 valence electrons. The average molecular weight is 438 g/mol. The van der Waals surface area contributed by atoms with Gasteiger partial charge < -0.3 is 14.0 Å². The molecule has 0 fully saturated rings. The number of hydrogen-bond donors (Lipinski definition) is 2. The van der Waals surface area contributed by atoms with Crippen molar-refractivity contribution in [2.24, 2.45) is 0 Å². The molecular weight excluding hydrogens is 415 g/mol. The first-order valence-electron chi connectivity index (χ1n) is 10.0. The number of para-hydroxylation sites is 3. The lowest BCUT2D eigenvalue weighted by molar-refractivity contribution is 0.480. The smallest absolute Gasteiger partial charge is 0.482 e. The number of aromatic hydroxyl groups is 2. The summed E-state index contributed by atoms with van der Waals surface area (Å²) in [5, 5.41) is 20.8. The highest BCUT2D eigenvalue weighted by molar-refractivity contribution is 5.99. The lowest BCUT2D eigenvalue weighted by atomic mass is 10.2. The molecule has 2 aromatic heterocycles. The van der Waals surface area contributed by atoms with Gasteiger partial charge in [-0.15, -0.1) is 0 Å². The molecule has 6 heteroatoms. The Bertz CT molecular complexity index is 1230. The maximum absolute atomic E-state index is 9.43. The summed E-state index contributed by atoms with van der Waals surface area (Å²) in [4.78, 5) is 8.45. The Morgan fingerprint density at radius 2 is 1.06 bits per heavy atom. The first-order chi connectivity index (χ1) is 15.5. The van der Waals surface area contributed by atoms with Crippen LogP contribution in [0.5, 0.6) is 17.2 Å². The number of hydrogen-bond acceptors (Lipinski definition) is 5. The largest absolute Gasteiger partial charge is 0.654 e. The van der Waals surface area contributed by atoms with Crippen molar-refractivity contribution in [1.29, 1.82) is 0 Å². The summed E-state index contributed by atoms with van der Waals surface area (Å²) in [6.07, 6.45) is 0. The second kappa shape index (κ2) is 11.2. The van der Waals surface area contributed by atoms with Gasteiger partial charge in [0, 0.05) is 22.2 Å². The Balaban J connectivity index is 0.000000139. The van der Waals surface area contributed by atoms with Gasteiger partial charge in [-0.25, -0.2) is 9.97 Å². The van der Waals surface area contributed by atoms with Gasteiger partial charge >= 0.3 is 16.6 Å². The monoisotopic (exact) mass is 438 g/mol. The van der Waals surface area contributed by atoms with Crippen molar-refractivity contribution in [1.82, 2.24) is 9.97 Å². The summed E-state index contributed by atoms with van der Waals surface area (Å²) in [5.41, 5.74) is 3.20. The van der Waals surface area contributed by atoms with Crippen LogP contribution in [0, 0.1) is 13.8 Å². The number of aromatic nitrogens is 2. The van der Waals surface area contributed by atoms with Crippen molar-refractivity contribution in [2.75, 3.05) is 0 Å². The molecule has 0 atom stereocenters. The van der Waals surface area contributed by atoms with Crippen molar-refractivity contribution >= 4 is 38.4 Å². The summed E-state index contributed by atoms with van der Waals surface area (Å²) in [5.74, 6) is 1.37. The van der Waals surface area contributed by atoms with E-state index in [2.05, 4.69) is 26.6 Å². The SMILES string of the molecule is Cc1ccc2cccc(O)c2n1.Cc1ccc2cccc(O)c2n1.[Al][O]c1ccccc1. The quantitative estimate of drug-likeness (QED) is 0.331. The molecule has 0 amide bonds. The highest BCUT2D eigenvalue weighted by Crippen LogP contribution is 2.22. The normalized spacial score (nSPS) is 9.94. The van der Waals surface area contributed by atoms with E-state index >= 15 is 0 Å². The Hall–Kier alpha value is -3.59. The predicted molar refractivity (Wildman–Crippen MR) is 129 cm³/mol. The number of phenolic OH excluding ortho intramolecular Hbond substituents is 2. The Morgan fingerprint density at radius 1 is 0.594 bits per heavy atom. The van der Waals surface area contributed by atoms with E-state index in [9.17, 15) is 10.2 Å². The van der Waals surface area contributed by atoms with Crippen LogP contribution < -0.4 is 3.79 Å². The van der Waals surface area contributed by atoms with Crippen molar-refractivity contribution < 1.29 is 14.0 Å². The molecule has 0 aliphatic heterocycles. The first-order valence-corrected chi connectivity index (χ1v) is 10.5. The lowest BCUT2D eigenvalue weighted by Crippen LogP contribution is -1.82. The molecule has 5 aromatic rings. The van der Waals surface area contributed by atoms with Gasteiger partial charge in [-0.2, -0.15) is 0 Å². The molecule has 0 saturated carbocycles. The molecular formula is C26H23AlN2O3. The highest BCUT2D eigenvalue weighted by atomic mass is 27.1. The van der Waals surface area contributed by atoms with E-state index in [1.54, 1.807) is 12.1 Å². The van der Waals surface area contributed by atoms with E-state index in [1.165, 1.54) is 0 Å². The Kier molecular flexibility index (Phi) is 8.04. The number of nitrogens with zero attached hydrogens (tertiary/aromatic N) is 2. The van der Waals surface area contributed by atoms with Crippen LogP contribution in [-0.2, 0) is 0 Å². The van der Waals surface area contributed by atoms with E-state index in [1.807, 2.05) is 92.7 Å². The zero-order chi connectivity index (χ0) is 22.9.